The van der Waals surface area contributed by atoms with Gasteiger partial charge in [0, 0.05) is 11.3 Å². The van der Waals surface area contributed by atoms with E-state index in [0.717, 1.165) is 0 Å². The number of nitrogens with zero attached hydrogens (tertiary/aromatic N) is 3. The maximum atomic E-state index is 12.5. The van der Waals surface area contributed by atoms with E-state index in [9.17, 15) is 4.79 Å². The molecule has 0 saturated heterocycles. The highest BCUT2D eigenvalue weighted by atomic mass is 16.1. The van der Waals surface area contributed by atoms with Crippen molar-refractivity contribution >= 4 is 11.5 Å². The summed E-state index contributed by atoms with van der Waals surface area (Å²) in [7, 11) is 0. The number of carbonyl (C=O) groups is 1. The molecule has 0 aliphatic rings. The van der Waals surface area contributed by atoms with Gasteiger partial charge in [-0.05, 0) is 6.92 Å². The Bertz CT molecular complexity index is 745. The van der Waals surface area contributed by atoms with E-state index in [0.29, 0.717) is 11.3 Å². The molecule has 0 amide bonds. The van der Waals surface area contributed by atoms with Gasteiger partial charge in [-0.3, -0.25) is 4.79 Å². The highest BCUT2D eigenvalue weighted by Crippen LogP contribution is 2.26. The molecular formula is C15H12N4O. The van der Waals surface area contributed by atoms with Crippen molar-refractivity contribution in [3.05, 3.63) is 52.8 Å². The van der Waals surface area contributed by atoms with E-state index >= 15 is 0 Å². The van der Waals surface area contributed by atoms with Gasteiger partial charge in [0.05, 0.1) is 17.3 Å². The summed E-state index contributed by atoms with van der Waals surface area (Å²) in [5, 5.41) is 18.0. The highest BCUT2D eigenvalue weighted by Gasteiger charge is 2.24. The van der Waals surface area contributed by atoms with E-state index in [1.54, 1.807) is 37.3 Å². The molecular weight excluding hydrogens is 252 g/mol. The molecule has 0 aliphatic carbocycles. The predicted molar refractivity (Wildman–Crippen MR) is 73.8 cm³/mol. The van der Waals surface area contributed by atoms with E-state index in [1.807, 2.05) is 12.1 Å². The van der Waals surface area contributed by atoms with Crippen LogP contribution < -0.4 is 5.73 Å². The average Bonchev–Trinajstić information content (AvgIpc) is 2.70. The van der Waals surface area contributed by atoms with Gasteiger partial charge in [0.15, 0.2) is 0 Å². The second-order valence-electron chi connectivity index (χ2n) is 4.27. The zero-order valence-corrected chi connectivity index (χ0v) is 10.9. The number of nitrogens with two attached hydrogens (primary N) is 1. The van der Waals surface area contributed by atoms with Crippen LogP contribution >= 0.6 is 0 Å². The van der Waals surface area contributed by atoms with Crippen molar-refractivity contribution in [3.8, 4) is 12.1 Å². The van der Waals surface area contributed by atoms with Gasteiger partial charge in [0.1, 0.15) is 18.3 Å². The molecule has 0 bridgehead atoms. The lowest BCUT2D eigenvalue weighted by molar-refractivity contribution is 0.103. The molecule has 20 heavy (non-hydrogen) atoms. The summed E-state index contributed by atoms with van der Waals surface area (Å²) in [6.07, 6.45) is 0. The first kappa shape index (κ1) is 13.4. The van der Waals surface area contributed by atoms with Crippen molar-refractivity contribution in [1.82, 2.24) is 4.57 Å². The standard InChI is InChI=1S/C15H12N4O/c1-10-12(9-17)13(18)14(19(10)8-7-16)15(20)11-5-3-2-4-6-11/h2-6H,8,18H2,1H3. The van der Waals surface area contributed by atoms with Crippen LogP contribution in [0.5, 0.6) is 0 Å². The van der Waals surface area contributed by atoms with Crippen LogP contribution in [-0.2, 0) is 6.54 Å². The van der Waals surface area contributed by atoms with Crippen molar-refractivity contribution in [2.24, 2.45) is 0 Å². The van der Waals surface area contributed by atoms with Crippen LogP contribution in [0.15, 0.2) is 30.3 Å². The fourth-order valence-electron chi connectivity index (χ4n) is 2.14. The topological polar surface area (TPSA) is 95.6 Å². The molecule has 0 unspecified atom stereocenters. The first-order valence-electron chi connectivity index (χ1n) is 5.97. The SMILES string of the molecule is Cc1c(C#N)c(N)c(C(=O)c2ccccc2)n1CC#N. The Balaban J connectivity index is 2.66. The molecule has 1 aromatic heterocycles. The van der Waals surface area contributed by atoms with Crippen LogP contribution in [0.1, 0.15) is 27.3 Å². The molecule has 2 N–H and O–H groups in total. The predicted octanol–water partition coefficient (Wildman–Crippen LogP) is 2.00. The average molecular weight is 264 g/mol. The maximum absolute atomic E-state index is 12.5. The molecule has 0 aliphatic heterocycles. The molecule has 98 valence electrons. The first-order valence-corrected chi connectivity index (χ1v) is 5.97. The van der Waals surface area contributed by atoms with E-state index in [1.165, 1.54) is 4.57 Å². The minimum absolute atomic E-state index is 0.0222. The molecule has 5 nitrogen and oxygen atoms in total. The lowest BCUT2D eigenvalue weighted by atomic mass is 10.1. The second-order valence-corrected chi connectivity index (χ2v) is 4.27. The second kappa shape index (κ2) is 5.29. The van der Waals surface area contributed by atoms with E-state index in [4.69, 9.17) is 16.3 Å². The third-order valence-electron chi connectivity index (χ3n) is 3.15. The Morgan fingerprint density at radius 3 is 2.50 bits per heavy atom. The Labute approximate surface area is 116 Å². The Morgan fingerprint density at radius 1 is 1.30 bits per heavy atom. The molecule has 0 fully saturated rings. The van der Waals surface area contributed by atoms with Crippen molar-refractivity contribution in [3.63, 3.8) is 0 Å². The molecule has 5 heteroatoms. The van der Waals surface area contributed by atoms with Gasteiger partial charge < -0.3 is 10.3 Å². The lowest BCUT2D eigenvalue weighted by Gasteiger charge is -2.07. The summed E-state index contributed by atoms with van der Waals surface area (Å²) in [6, 6.07) is 12.6. The molecule has 1 aromatic carbocycles. The lowest BCUT2D eigenvalue weighted by Crippen LogP contribution is -2.12. The molecule has 0 saturated carbocycles. The molecule has 0 radical (unpaired) electrons. The van der Waals surface area contributed by atoms with Crippen LogP contribution in [0, 0.1) is 29.6 Å². The highest BCUT2D eigenvalue weighted by molar-refractivity contribution is 6.12. The fourth-order valence-corrected chi connectivity index (χ4v) is 2.14. The summed E-state index contributed by atoms with van der Waals surface area (Å²) in [5.74, 6) is -0.289. The normalized spacial score (nSPS) is 9.75. The van der Waals surface area contributed by atoms with Crippen LogP contribution in [0.3, 0.4) is 0 Å². The molecule has 2 aromatic rings. The zero-order valence-electron chi connectivity index (χ0n) is 10.9. The third kappa shape index (κ3) is 2.02. The number of hydrogen-bond acceptors (Lipinski definition) is 4. The smallest absolute Gasteiger partial charge is 0.211 e. The van der Waals surface area contributed by atoms with Crippen molar-refractivity contribution in [2.45, 2.75) is 13.5 Å². The van der Waals surface area contributed by atoms with Crippen molar-refractivity contribution in [1.29, 1.82) is 10.5 Å². The molecule has 0 atom stereocenters. The maximum Gasteiger partial charge on any atom is 0.211 e. The number of benzene rings is 1. The van der Waals surface area contributed by atoms with E-state index in [2.05, 4.69) is 0 Å². The summed E-state index contributed by atoms with van der Waals surface area (Å²) in [6.45, 7) is 1.65. The number of nitriles is 2. The molecule has 2 rings (SSSR count). The van der Waals surface area contributed by atoms with Gasteiger partial charge in [0.2, 0.25) is 5.78 Å². The fraction of sp³-hybridized carbons (Fsp3) is 0.133. The minimum atomic E-state index is -0.289. The van der Waals surface area contributed by atoms with Crippen LogP contribution in [0.2, 0.25) is 0 Å². The molecule has 1 heterocycles. The van der Waals surface area contributed by atoms with Crippen molar-refractivity contribution in [2.75, 3.05) is 5.73 Å². The zero-order chi connectivity index (χ0) is 14.7. The Kier molecular flexibility index (Phi) is 3.54. The molecule has 0 spiro atoms. The van der Waals surface area contributed by atoms with Gasteiger partial charge in [-0.1, -0.05) is 30.3 Å². The van der Waals surface area contributed by atoms with Gasteiger partial charge in [0.25, 0.3) is 0 Å². The monoisotopic (exact) mass is 264 g/mol. The number of rotatable bonds is 3. The number of carbonyl (C=O) groups excluding carboxylic acids is 1. The number of nitrogen functional groups attached to an aromatic ring is 1. The summed E-state index contributed by atoms with van der Waals surface area (Å²) in [5.41, 5.74) is 7.50. The summed E-state index contributed by atoms with van der Waals surface area (Å²) >= 11 is 0. The minimum Gasteiger partial charge on any atom is -0.396 e. The van der Waals surface area contributed by atoms with Crippen LogP contribution in [-0.4, -0.2) is 10.4 Å². The number of ketones is 1. The number of aromatic nitrogens is 1. The van der Waals surface area contributed by atoms with Crippen LogP contribution in [0.4, 0.5) is 5.69 Å². The van der Waals surface area contributed by atoms with Crippen LogP contribution in [0.25, 0.3) is 0 Å². The first-order chi connectivity index (χ1) is 9.61. The van der Waals surface area contributed by atoms with Gasteiger partial charge in [-0.2, -0.15) is 10.5 Å². The van der Waals surface area contributed by atoms with E-state index in [-0.39, 0.29) is 29.3 Å². The largest absolute Gasteiger partial charge is 0.396 e. The Hall–Kier alpha value is -3.05. The van der Waals surface area contributed by atoms with Crippen molar-refractivity contribution < 1.29 is 4.79 Å². The van der Waals surface area contributed by atoms with Gasteiger partial charge in [-0.25, -0.2) is 0 Å². The van der Waals surface area contributed by atoms with E-state index < -0.39 is 0 Å². The number of hydrogen-bond donors (Lipinski definition) is 1. The Morgan fingerprint density at radius 2 is 1.95 bits per heavy atom. The third-order valence-corrected chi connectivity index (χ3v) is 3.15. The summed E-state index contributed by atoms with van der Waals surface area (Å²) in [4.78, 5) is 12.5. The number of anilines is 1. The van der Waals surface area contributed by atoms with Gasteiger partial charge >= 0.3 is 0 Å². The quantitative estimate of drug-likeness (QED) is 0.857. The van der Waals surface area contributed by atoms with Gasteiger partial charge in [-0.15, -0.1) is 0 Å². The summed E-state index contributed by atoms with van der Waals surface area (Å²) < 4.78 is 1.49.